The number of fused-ring (bicyclic) bond motifs is 1. The number of amides is 3. The smallest absolute Gasteiger partial charge is 0.230 e. The molecule has 0 radical (unpaired) electrons. The van der Waals surface area contributed by atoms with Gasteiger partial charge in [-0.05, 0) is 5.41 Å². The van der Waals surface area contributed by atoms with Gasteiger partial charge in [-0.25, -0.2) is 0 Å². The summed E-state index contributed by atoms with van der Waals surface area (Å²) in [5, 5.41) is 2.79. The maximum absolute atomic E-state index is 13.2. The first-order chi connectivity index (χ1) is 12.2. The number of nitrogens with zero attached hydrogens (tertiary/aromatic N) is 2. The fourth-order valence-corrected chi connectivity index (χ4v) is 4.76. The highest BCUT2D eigenvalue weighted by Crippen LogP contribution is 2.52. The molecule has 4 rings (SSSR count). The van der Waals surface area contributed by atoms with Crippen LogP contribution in [0.25, 0.3) is 0 Å². The van der Waals surface area contributed by atoms with Crippen LogP contribution in [0.15, 0.2) is 12.2 Å². The number of ether oxygens (including phenoxy) is 1. The second kappa shape index (κ2) is 5.81. The van der Waals surface area contributed by atoms with Crippen molar-refractivity contribution in [2.24, 2.45) is 17.3 Å². The van der Waals surface area contributed by atoms with Gasteiger partial charge < -0.3 is 19.9 Å². The molecule has 7 nitrogen and oxygen atoms in total. The van der Waals surface area contributed by atoms with Crippen molar-refractivity contribution in [3.8, 4) is 0 Å². The van der Waals surface area contributed by atoms with E-state index in [-0.39, 0.29) is 29.2 Å². The molecule has 3 saturated heterocycles. The summed E-state index contributed by atoms with van der Waals surface area (Å²) in [6.07, 6.45) is 3.90. The van der Waals surface area contributed by atoms with Gasteiger partial charge in [-0.1, -0.05) is 32.9 Å². The van der Waals surface area contributed by atoms with Crippen molar-refractivity contribution in [3.63, 3.8) is 0 Å². The van der Waals surface area contributed by atoms with Crippen molar-refractivity contribution in [1.82, 2.24) is 15.1 Å². The van der Waals surface area contributed by atoms with Crippen LogP contribution < -0.4 is 5.32 Å². The van der Waals surface area contributed by atoms with E-state index < -0.39 is 17.4 Å². The molecule has 4 aliphatic heterocycles. The van der Waals surface area contributed by atoms with Crippen LogP contribution in [-0.2, 0) is 19.1 Å². The molecule has 0 unspecified atom stereocenters. The Balaban J connectivity index is 1.57. The van der Waals surface area contributed by atoms with Crippen LogP contribution >= 0.6 is 0 Å². The molecule has 7 heteroatoms. The molecule has 3 fully saturated rings. The minimum absolute atomic E-state index is 0.0109. The van der Waals surface area contributed by atoms with E-state index in [9.17, 15) is 14.4 Å². The Morgan fingerprint density at radius 1 is 1.35 bits per heavy atom. The van der Waals surface area contributed by atoms with E-state index in [0.29, 0.717) is 39.1 Å². The van der Waals surface area contributed by atoms with E-state index in [1.165, 1.54) is 0 Å². The van der Waals surface area contributed by atoms with Crippen molar-refractivity contribution in [2.75, 3.05) is 32.7 Å². The second-order valence-electron chi connectivity index (χ2n) is 9.08. The Kier molecular flexibility index (Phi) is 3.91. The van der Waals surface area contributed by atoms with E-state index >= 15 is 0 Å². The van der Waals surface area contributed by atoms with E-state index in [1.54, 1.807) is 4.90 Å². The molecule has 4 heterocycles. The average molecular weight is 361 g/mol. The molecule has 0 aromatic rings. The van der Waals surface area contributed by atoms with Crippen molar-refractivity contribution in [3.05, 3.63) is 12.2 Å². The zero-order chi connectivity index (χ0) is 18.7. The standard InChI is InChI=1S/C19H27N3O4/c1-18(2,3)10-22-11-19-6-4-12(26-19)14(15(19)17(22)25)16(24)21-8-5-13(23)20-7-9-21/h4,6,12,14-15H,5,7-11H2,1-3H3,(H,20,23)/t12-,14+,15+,19-/m0/s1. The SMILES string of the molecule is CC(C)(C)CN1C[C@]23C=C[C@H](O2)[C@@H](C(=O)N2CCNC(=O)CC2)[C@@H]3C1=O. The molecule has 4 atom stereocenters. The average Bonchev–Trinajstić information content (AvgIpc) is 3.10. The van der Waals surface area contributed by atoms with E-state index in [2.05, 4.69) is 26.1 Å². The largest absolute Gasteiger partial charge is 0.360 e. The Hall–Kier alpha value is -1.89. The normalized spacial score (nSPS) is 36.3. The third-order valence-corrected chi connectivity index (χ3v) is 5.75. The Morgan fingerprint density at radius 2 is 2.12 bits per heavy atom. The predicted molar refractivity (Wildman–Crippen MR) is 94.0 cm³/mol. The molecule has 26 heavy (non-hydrogen) atoms. The monoisotopic (exact) mass is 361 g/mol. The van der Waals surface area contributed by atoms with Crippen molar-refractivity contribution in [2.45, 2.75) is 38.9 Å². The van der Waals surface area contributed by atoms with Gasteiger partial charge in [0.25, 0.3) is 0 Å². The van der Waals surface area contributed by atoms with Gasteiger partial charge in [0.2, 0.25) is 17.7 Å². The zero-order valence-corrected chi connectivity index (χ0v) is 15.7. The van der Waals surface area contributed by atoms with Crippen LogP contribution in [-0.4, -0.2) is 72.0 Å². The molecule has 2 bridgehead atoms. The molecule has 0 aromatic carbocycles. The molecule has 3 amide bonds. The molecule has 0 aliphatic carbocycles. The van der Waals surface area contributed by atoms with Crippen LogP contribution in [0.3, 0.4) is 0 Å². The Labute approximate surface area is 153 Å². The summed E-state index contributed by atoms with van der Waals surface area (Å²) in [6, 6.07) is 0. The lowest BCUT2D eigenvalue weighted by Crippen LogP contribution is -2.47. The molecule has 4 aliphatic rings. The van der Waals surface area contributed by atoms with Crippen molar-refractivity contribution < 1.29 is 19.1 Å². The van der Waals surface area contributed by atoms with Crippen LogP contribution in [0, 0.1) is 17.3 Å². The molecule has 1 N–H and O–H groups in total. The summed E-state index contributed by atoms with van der Waals surface area (Å²) >= 11 is 0. The van der Waals surface area contributed by atoms with Crippen molar-refractivity contribution in [1.29, 1.82) is 0 Å². The molecule has 142 valence electrons. The topological polar surface area (TPSA) is 79.0 Å². The van der Waals surface area contributed by atoms with Gasteiger partial charge in [0.1, 0.15) is 5.60 Å². The van der Waals surface area contributed by atoms with Gasteiger partial charge in [0, 0.05) is 32.6 Å². The maximum Gasteiger partial charge on any atom is 0.230 e. The minimum atomic E-state index is -0.659. The Morgan fingerprint density at radius 3 is 2.85 bits per heavy atom. The minimum Gasteiger partial charge on any atom is -0.360 e. The fourth-order valence-electron chi connectivity index (χ4n) is 4.76. The first-order valence-electron chi connectivity index (χ1n) is 9.42. The number of rotatable bonds is 2. The highest BCUT2D eigenvalue weighted by molar-refractivity contribution is 5.93. The number of likely N-dealkylation sites (tertiary alicyclic amines) is 1. The molecular formula is C19H27N3O4. The second-order valence-corrected chi connectivity index (χ2v) is 9.08. The highest BCUT2D eigenvalue weighted by atomic mass is 16.5. The van der Waals surface area contributed by atoms with Crippen molar-refractivity contribution >= 4 is 17.7 Å². The van der Waals surface area contributed by atoms with E-state index in [0.717, 1.165) is 0 Å². The number of carbonyl (C=O) groups is 3. The number of hydrogen-bond donors (Lipinski definition) is 1. The molecule has 0 saturated carbocycles. The molecule has 0 aromatic heterocycles. The summed E-state index contributed by atoms with van der Waals surface area (Å²) in [7, 11) is 0. The summed E-state index contributed by atoms with van der Waals surface area (Å²) in [5.74, 6) is -0.998. The lowest BCUT2D eigenvalue weighted by Gasteiger charge is -2.30. The summed E-state index contributed by atoms with van der Waals surface area (Å²) < 4.78 is 6.17. The van der Waals surface area contributed by atoms with Crippen LogP contribution in [0.5, 0.6) is 0 Å². The Bertz CT molecular complexity index is 683. The van der Waals surface area contributed by atoms with Gasteiger partial charge in [-0.3, -0.25) is 14.4 Å². The lowest BCUT2D eigenvalue weighted by molar-refractivity contribution is -0.143. The number of hydrogen-bond acceptors (Lipinski definition) is 4. The maximum atomic E-state index is 13.2. The third kappa shape index (κ3) is 2.73. The summed E-state index contributed by atoms with van der Waals surface area (Å²) in [6.45, 7) is 8.81. The van der Waals surface area contributed by atoms with Gasteiger partial charge in [-0.2, -0.15) is 0 Å². The fraction of sp³-hybridized carbons (Fsp3) is 0.737. The lowest BCUT2D eigenvalue weighted by atomic mass is 9.76. The first-order valence-corrected chi connectivity index (χ1v) is 9.42. The summed E-state index contributed by atoms with van der Waals surface area (Å²) in [4.78, 5) is 41.5. The zero-order valence-electron chi connectivity index (χ0n) is 15.7. The quantitative estimate of drug-likeness (QED) is 0.711. The van der Waals surface area contributed by atoms with E-state index in [1.807, 2.05) is 17.1 Å². The van der Waals surface area contributed by atoms with Crippen LogP contribution in [0.1, 0.15) is 27.2 Å². The van der Waals surface area contributed by atoms with Gasteiger partial charge in [0.15, 0.2) is 0 Å². The van der Waals surface area contributed by atoms with Gasteiger partial charge >= 0.3 is 0 Å². The number of nitrogens with one attached hydrogen (secondary N) is 1. The highest BCUT2D eigenvalue weighted by Gasteiger charge is 2.67. The van der Waals surface area contributed by atoms with Crippen LogP contribution in [0.4, 0.5) is 0 Å². The first kappa shape index (κ1) is 17.5. The van der Waals surface area contributed by atoms with Gasteiger partial charge in [-0.15, -0.1) is 0 Å². The molecular weight excluding hydrogens is 334 g/mol. The van der Waals surface area contributed by atoms with Gasteiger partial charge in [0.05, 0.1) is 24.5 Å². The summed E-state index contributed by atoms with van der Waals surface area (Å²) in [5.41, 5.74) is -0.670. The third-order valence-electron chi connectivity index (χ3n) is 5.75. The van der Waals surface area contributed by atoms with Crippen LogP contribution in [0.2, 0.25) is 0 Å². The molecule has 1 spiro atoms. The van der Waals surface area contributed by atoms with E-state index in [4.69, 9.17) is 4.74 Å². The number of carbonyl (C=O) groups excluding carboxylic acids is 3. The predicted octanol–water partition coefficient (Wildman–Crippen LogP) is 0.163.